The molecule has 5 nitrogen and oxygen atoms in total. The van der Waals surface area contributed by atoms with Gasteiger partial charge in [0, 0.05) is 40.8 Å². The van der Waals surface area contributed by atoms with Crippen molar-refractivity contribution in [3.05, 3.63) is 64.4 Å². The van der Waals surface area contributed by atoms with Crippen molar-refractivity contribution < 1.29 is 0 Å². The van der Waals surface area contributed by atoms with Crippen LogP contribution < -0.4 is 0 Å². The van der Waals surface area contributed by atoms with Crippen molar-refractivity contribution in [1.29, 1.82) is 5.26 Å². The molecule has 3 aromatic heterocycles. The number of hydrogen-bond acceptors (Lipinski definition) is 5. The SMILES string of the molecule is N#Cc1cccnc1-c1ccc2n[nH]c(Cc3nccs3)c2c1. The number of rotatable bonds is 3. The second kappa shape index (κ2) is 5.63. The highest BCUT2D eigenvalue weighted by atomic mass is 32.1. The molecule has 0 aliphatic rings. The summed E-state index contributed by atoms with van der Waals surface area (Å²) in [5.74, 6) is 0. The molecule has 0 fully saturated rings. The Bertz CT molecular complexity index is 1010. The summed E-state index contributed by atoms with van der Waals surface area (Å²) in [4.78, 5) is 8.67. The second-order valence-electron chi connectivity index (χ2n) is 5.05. The molecule has 23 heavy (non-hydrogen) atoms. The third kappa shape index (κ3) is 2.47. The average molecular weight is 317 g/mol. The van der Waals surface area contributed by atoms with E-state index in [-0.39, 0.29) is 0 Å². The van der Waals surface area contributed by atoms with Crippen molar-refractivity contribution in [2.24, 2.45) is 0 Å². The molecule has 4 aromatic rings. The number of nitriles is 1. The fraction of sp³-hybridized carbons (Fsp3) is 0.0588. The van der Waals surface area contributed by atoms with E-state index in [0.29, 0.717) is 17.7 Å². The van der Waals surface area contributed by atoms with Crippen LogP contribution in [0.25, 0.3) is 22.2 Å². The van der Waals surface area contributed by atoms with Gasteiger partial charge < -0.3 is 0 Å². The van der Waals surface area contributed by atoms with Crippen LogP contribution in [0.2, 0.25) is 0 Å². The molecule has 1 N–H and O–H groups in total. The third-order valence-corrected chi connectivity index (χ3v) is 4.43. The molecule has 0 radical (unpaired) electrons. The molecule has 0 amide bonds. The van der Waals surface area contributed by atoms with Crippen LogP contribution in [0.15, 0.2) is 48.1 Å². The predicted octanol–water partition coefficient (Wildman–Crippen LogP) is 3.54. The zero-order valence-electron chi connectivity index (χ0n) is 12.0. The molecule has 110 valence electrons. The first kappa shape index (κ1) is 13.6. The van der Waals surface area contributed by atoms with E-state index in [9.17, 15) is 5.26 Å². The Balaban J connectivity index is 1.82. The maximum atomic E-state index is 9.26. The number of benzene rings is 1. The first-order valence-electron chi connectivity index (χ1n) is 7.06. The fourth-order valence-electron chi connectivity index (χ4n) is 2.56. The van der Waals surface area contributed by atoms with E-state index in [1.165, 1.54) is 0 Å². The second-order valence-corrected chi connectivity index (χ2v) is 6.03. The quantitative estimate of drug-likeness (QED) is 0.627. The van der Waals surface area contributed by atoms with Gasteiger partial charge in [0.05, 0.1) is 21.8 Å². The summed E-state index contributed by atoms with van der Waals surface area (Å²) in [6, 6.07) is 11.7. The molecule has 0 saturated carbocycles. The van der Waals surface area contributed by atoms with Crippen molar-refractivity contribution in [3.63, 3.8) is 0 Å². The number of thiazole rings is 1. The minimum Gasteiger partial charge on any atom is -0.281 e. The number of nitrogens with zero attached hydrogens (tertiary/aromatic N) is 4. The summed E-state index contributed by atoms with van der Waals surface area (Å²) in [7, 11) is 0. The predicted molar refractivity (Wildman–Crippen MR) is 89.0 cm³/mol. The highest BCUT2D eigenvalue weighted by Gasteiger charge is 2.11. The van der Waals surface area contributed by atoms with Gasteiger partial charge in [0.2, 0.25) is 0 Å². The van der Waals surface area contributed by atoms with Crippen molar-refractivity contribution in [2.45, 2.75) is 6.42 Å². The minimum atomic E-state index is 0.566. The van der Waals surface area contributed by atoms with Gasteiger partial charge in [-0.2, -0.15) is 10.4 Å². The van der Waals surface area contributed by atoms with Crippen LogP contribution in [0.1, 0.15) is 16.3 Å². The van der Waals surface area contributed by atoms with Gasteiger partial charge in [-0.25, -0.2) is 4.98 Å². The first-order valence-corrected chi connectivity index (χ1v) is 7.94. The lowest BCUT2D eigenvalue weighted by Gasteiger charge is -2.03. The van der Waals surface area contributed by atoms with Gasteiger partial charge in [0.1, 0.15) is 6.07 Å². The lowest BCUT2D eigenvalue weighted by Crippen LogP contribution is -1.90. The van der Waals surface area contributed by atoms with Crippen LogP contribution in [-0.4, -0.2) is 20.2 Å². The average Bonchev–Trinajstić information content (AvgIpc) is 3.25. The van der Waals surface area contributed by atoms with Crippen molar-refractivity contribution in [1.82, 2.24) is 20.2 Å². The molecule has 0 unspecified atom stereocenters. The highest BCUT2D eigenvalue weighted by Crippen LogP contribution is 2.27. The van der Waals surface area contributed by atoms with E-state index >= 15 is 0 Å². The van der Waals surface area contributed by atoms with Gasteiger partial charge in [0.15, 0.2) is 0 Å². The van der Waals surface area contributed by atoms with Crippen molar-refractivity contribution in [2.75, 3.05) is 0 Å². The maximum Gasteiger partial charge on any atom is 0.101 e. The molecule has 1 aromatic carbocycles. The third-order valence-electron chi connectivity index (χ3n) is 3.65. The molecular formula is C17H11N5S. The molecule has 4 rings (SSSR count). The van der Waals surface area contributed by atoms with E-state index in [4.69, 9.17) is 0 Å². The van der Waals surface area contributed by atoms with Crippen LogP contribution in [0, 0.1) is 11.3 Å². The van der Waals surface area contributed by atoms with E-state index in [1.54, 1.807) is 35.9 Å². The number of aromatic nitrogens is 4. The molecule has 0 spiro atoms. The standard InChI is InChI=1S/C17H11N5S/c18-10-12-2-1-5-20-17(12)11-3-4-14-13(8-11)15(22-21-14)9-16-19-6-7-23-16/h1-8H,9H2,(H,21,22). The van der Waals surface area contributed by atoms with Crippen LogP contribution in [0.5, 0.6) is 0 Å². The normalized spacial score (nSPS) is 10.7. The number of pyridine rings is 1. The largest absolute Gasteiger partial charge is 0.281 e. The van der Waals surface area contributed by atoms with Gasteiger partial charge in [-0.15, -0.1) is 11.3 Å². The topological polar surface area (TPSA) is 78.2 Å². The molecule has 0 aliphatic carbocycles. The number of fused-ring (bicyclic) bond motifs is 1. The van der Waals surface area contributed by atoms with Crippen LogP contribution in [-0.2, 0) is 6.42 Å². The minimum absolute atomic E-state index is 0.566. The summed E-state index contributed by atoms with van der Waals surface area (Å²) in [6.45, 7) is 0. The van der Waals surface area contributed by atoms with Crippen molar-refractivity contribution in [3.8, 4) is 17.3 Å². The molecule has 0 aliphatic heterocycles. The van der Waals surface area contributed by atoms with E-state index in [1.807, 2.05) is 23.6 Å². The fourth-order valence-corrected chi connectivity index (χ4v) is 3.19. The Morgan fingerprint density at radius 2 is 2.13 bits per heavy atom. The lowest BCUT2D eigenvalue weighted by atomic mass is 10.0. The van der Waals surface area contributed by atoms with Gasteiger partial charge >= 0.3 is 0 Å². The Morgan fingerprint density at radius 1 is 1.17 bits per heavy atom. The first-order chi connectivity index (χ1) is 11.3. The summed E-state index contributed by atoms with van der Waals surface area (Å²) in [5, 5.41) is 20.7. The van der Waals surface area contributed by atoms with Crippen LogP contribution in [0.4, 0.5) is 0 Å². The lowest BCUT2D eigenvalue weighted by molar-refractivity contribution is 1.00. The van der Waals surface area contributed by atoms with Crippen molar-refractivity contribution >= 4 is 22.2 Å². The van der Waals surface area contributed by atoms with Gasteiger partial charge in [-0.1, -0.05) is 6.07 Å². The Labute approximate surface area is 136 Å². The van der Waals surface area contributed by atoms with Gasteiger partial charge in [-0.05, 0) is 24.3 Å². The zero-order valence-corrected chi connectivity index (χ0v) is 12.8. The molecule has 6 heteroatoms. The monoisotopic (exact) mass is 317 g/mol. The molecule has 0 atom stereocenters. The van der Waals surface area contributed by atoms with Gasteiger partial charge in [0.25, 0.3) is 0 Å². The smallest absolute Gasteiger partial charge is 0.101 e. The molecule has 3 heterocycles. The highest BCUT2D eigenvalue weighted by molar-refractivity contribution is 7.09. The summed E-state index contributed by atoms with van der Waals surface area (Å²) in [6.07, 6.45) is 4.22. The van der Waals surface area contributed by atoms with E-state index in [0.717, 1.165) is 27.2 Å². The molecular weight excluding hydrogens is 306 g/mol. The number of nitrogens with one attached hydrogen (secondary N) is 1. The molecule has 0 saturated heterocycles. The number of aromatic amines is 1. The summed E-state index contributed by atoms with van der Waals surface area (Å²) < 4.78 is 0. The maximum absolute atomic E-state index is 9.26. The summed E-state index contributed by atoms with van der Waals surface area (Å²) in [5.41, 5.74) is 4.09. The zero-order chi connectivity index (χ0) is 15.6. The van der Waals surface area contributed by atoms with Crippen LogP contribution >= 0.6 is 11.3 Å². The Hall–Kier alpha value is -3.04. The Kier molecular flexibility index (Phi) is 3.33. The van der Waals surface area contributed by atoms with Crippen LogP contribution in [0.3, 0.4) is 0 Å². The van der Waals surface area contributed by atoms with E-state index in [2.05, 4.69) is 26.2 Å². The summed E-state index contributed by atoms with van der Waals surface area (Å²) >= 11 is 1.62. The van der Waals surface area contributed by atoms with E-state index < -0.39 is 0 Å². The number of hydrogen-bond donors (Lipinski definition) is 1. The molecule has 0 bridgehead atoms. The Morgan fingerprint density at radius 3 is 2.96 bits per heavy atom. The number of H-pyrrole nitrogens is 1. The van der Waals surface area contributed by atoms with Gasteiger partial charge in [-0.3, -0.25) is 10.1 Å².